The van der Waals surface area contributed by atoms with Crippen molar-refractivity contribution in [2.45, 2.75) is 62.9 Å². The zero-order valence-electron chi connectivity index (χ0n) is 19.5. The average Bonchev–Trinajstić information content (AvgIpc) is 3.13. The van der Waals surface area contributed by atoms with Crippen LogP contribution in [0.25, 0.3) is 0 Å². The smallest absolute Gasteiger partial charge is 0.333 e. The minimum atomic E-state index is -4.06. The molecule has 186 valence electrons. The number of rotatable bonds is 8. The van der Waals surface area contributed by atoms with E-state index in [-0.39, 0.29) is 30.3 Å². The number of hydrogen-bond donors (Lipinski definition) is 3. The second-order valence-electron chi connectivity index (χ2n) is 9.63. The first kappa shape index (κ1) is 24.8. The molecule has 0 spiro atoms. The topological polar surface area (TPSA) is 146 Å². The van der Waals surface area contributed by atoms with Gasteiger partial charge in [-0.05, 0) is 29.4 Å². The van der Waals surface area contributed by atoms with Crippen LogP contribution >= 0.6 is 0 Å². The summed E-state index contributed by atoms with van der Waals surface area (Å²) in [5.74, 6) is 0.563. The standard InChI is InChI=1S/C23H32N4O6S/c1-23(2)11-19(31-3)22(16-6-4-5-7-17(16)23)27-20-10-21(26-13-25-20)33-15-8-14(18(28)9-15)12-32-34(24,29)30/h4-7,10,13-15,18-19,22,28H,8-9,11-12H2,1-3H3,(H2,24,29,30)(H,25,26,27)/t14-,15+,18-,19-,22+/m0/s1. The Labute approximate surface area is 200 Å². The summed E-state index contributed by atoms with van der Waals surface area (Å²) in [5, 5.41) is 18.6. The molecule has 1 saturated carbocycles. The van der Waals surface area contributed by atoms with Crippen molar-refractivity contribution in [1.82, 2.24) is 9.97 Å². The van der Waals surface area contributed by atoms with Crippen molar-refractivity contribution >= 4 is 16.1 Å². The van der Waals surface area contributed by atoms with E-state index in [2.05, 4.69) is 51.5 Å². The third-order valence-corrected chi connectivity index (χ3v) is 7.17. The molecule has 2 aromatic rings. The maximum atomic E-state index is 11.0. The lowest BCUT2D eigenvalue weighted by atomic mass is 9.69. The van der Waals surface area contributed by atoms with Crippen LogP contribution in [0.2, 0.25) is 0 Å². The molecule has 0 unspecified atom stereocenters. The van der Waals surface area contributed by atoms with Crippen LogP contribution in [0.3, 0.4) is 0 Å². The molecule has 1 aromatic carbocycles. The molecule has 10 nitrogen and oxygen atoms in total. The largest absolute Gasteiger partial charge is 0.474 e. The highest BCUT2D eigenvalue weighted by molar-refractivity contribution is 7.84. The number of aromatic nitrogens is 2. The molecule has 0 aliphatic heterocycles. The van der Waals surface area contributed by atoms with Gasteiger partial charge in [0.05, 0.1) is 24.9 Å². The molecule has 2 aliphatic rings. The van der Waals surface area contributed by atoms with Gasteiger partial charge in [0.1, 0.15) is 18.2 Å². The number of aliphatic hydroxyl groups excluding tert-OH is 1. The molecule has 0 saturated heterocycles. The molecule has 2 aliphatic carbocycles. The SMILES string of the molecule is CO[C@H]1CC(C)(C)c2ccccc2[C@H]1Nc1cc(O[C@@H]2C[C@@H](COS(N)(=O)=O)[C@@H](O)C2)ncn1. The van der Waals surface area contributed by atoms with Crippen LogP contribution in [0.15, 0.2) is 36.7 Å². The molecule has 5 atom stereocenters. The third-order valence-electron chi connectivity index (χ3n) is 6.70. The molecule has 1 heterocycles. The minimum Gasteiger partial charge on any atom is -0.474 e. The molecule has 11 heteroatoms. The first-order chi connectivity index (χ1) is 16.1. The van der Waals surface area contributed by atoms with E-state index in [1.807, 2.05) is 6.07 Å². The van der Waals surface area contributed by atoms with E-state index < -0.39 is 22.3 Å². The first-order valence-electron chi connectivity index (χ1n) is 11.3. The number of methoxy groups -OCH3 is 1. The number of nitrogens with zero attached hydrogens (tertiary/aromatic N) is 2. The van der Waals surface area contributed by atoms with E-state index in [4.69, 9.17) is 14.6 Å². The van der Waals surface area contributed by atoms with Gasteiger partial charge in [0.15, 0.2) is 0 Å². The number of anilines is 1. The Morgan fingerprint density at radius 1 is 1.24 bits per heavy atom. The highest BCUT2D eigenvalue weighted by Gasteiger charge is 2.40. The molecule has 34 heavy (non-hydrogen) atoms. The fraction of sp³-hybridized carbons (Fsp3) is 0.565. The first-order valence-corrected chi connectivity index (χ1v) is 12.8. The predicted octanol–water partition coefficient (Wildman–Crippen LogP) is 2.06. The minimum absolute atomic E-state index is 0.0117. The van der Waals surface area contributed by atoms with Crippen LogP contribution in [-0.4, -0.2) is 55.5 Å². The van der Waals surface area contributed by atoms with E-state index in [1.54, 1.807) is 13.2 Å². The van der Waals surface area contributed by atoms with Gasteiger partial charge in [-0.25, -0.2) is 15.1 Å². The highest BCUT2D eigenvalue weighted by Crippen LogP contribution is 2.44. The number of nitrogens with two attached hydrogens (primary N) is 1. The lowest BCUT2D eigenvalue weighted by Gasteiger charge is -2.42. The van der Waals surface area contributed by atoms with Crippen molar-refractivity contribution in [2.24, 2.45) is 11.1 Å². The summed E-state index contributed by atoms with van der Waals surface area (Å²) < 4.78 is 38.5. The van der Waals surface area contributed by atoms with Crippen LogP contribution in [0, 0.1) is 5.92 Å². The summed E-state index contributed by atoms with van der Waals surface area (Å²) in [7, 11) is -2.34. The van der Waals surface area contributed by atoms with Gasteiger partial charge in [-0.1, -0.05) is 38.1 Å². The van der Waals surface area contributed by atoms with Crippen molar-refractivity contribution in [1.29, 1.82) is 0 Å². The Morgan fingerprint density at radius 2 is 2.00 bits per heavy atom. The van der Waals surface area contributed by atoms with Crippen LogP contribution in [-0.2, 0) is 24.6 Å². The fourth-order valence-electron chi connectivity index (χ4n) is 5.03. The second kappa shape index (κ2) is 9.74. The Hall–Kier alpha value is -2.31. The predicted molar refractivity (Wildman–Crippen MR) is 125 cm³/mol. The third kappa shape index (κ3) is 5.66. The Morgan fingerprint density at radius 3 is 2.74 bits per heavy atom. The maximum Gasteiger partial charge on any atom is 0.333 e. The van der Waals surface area contributed by atoms with Gasteiger partial charge in [-0.2, -0.15) is 8.42 Å². The maximum absolute atomic E-state index is 11.0. The van der Waals surface area contributed by atoms with Crippen molar-refractivity contribution in [3.63, 3.8) is 0 Å². The lowest BCUT2D eigenvalue weighted by Crippen LogP contribution is -2.40. The van der Waals surface area contributed by atoms with Crippen LogP contribution in [0.1, 0.15) is 50.3 Å². The summed E-state index contributed by atoms with van der Waals surface area (Å²) in [6.45, 7) is 4.26. The van der Waals surface area contributed by atoms with Crippen molar-refractivity contribution in [3.8, 4) is 5.88 Å². The summed E-state index contributed by atoms with van der Waals surface area (Å²) in [6, 6.07) is 9.98. The number of ether oxygens (including phenoxy) is 2. The summed E-state index contributed by atoms with van der Waals surface area (Å²) >= 11 is 0. The molecule has 4 rings (SSSR count). The number of aliphatic hydroxyl groups is 1. The number of fused-ring (bicyclic) bond motifs is 1. The van der Waals surface area contributed by atoms with E-state index in [0.717, 1.165) is 6.42 Å². The molecule has 0 radical (unpaired) electrons. The molecule has 1 aromatic heterocycles. The van der Waals surface area contributed by atoms with Gasteiger partial charge in [-0.15, -0.1) is 0 Å². The zero-order chi connectivity index (χ0) is 24.5. The van der Waals surface area contributed by atoms with Crippen molar-refractivity contribution < 1.29 is 27.2 Å². The van der Waals surface area contributed by atoms with Crippen LogP contribution < -0.4 is 15.2 Å². The van der Waals surface area contributed by atoms with Gasteiger partial charge >= 0.3 is 10.3 Å². The van der Waals surface area contributed by atoms with Gasteiger partial charge in [0.2, 0.25) is 5.88 Å². The zero-order valence-corrected chi connectivity index (χ0v) is 20.4. The Bertz CT molecular complexity index is 1110. The number of nitrogens with one attached hydrogen (secondary N) is 1. The van der Waals surface area contributed by atoms with Gasteiger partial charge in [0, 0.05) is 25.5 Å². The summed E-state index contributed by atoms with van der Waals surface area (Å²) in [5.41, 5.74) is 2.43. The normalized spacial score (nSPS) is 28.3. The van der Waals surface area contributed by atoms with E-state index >= 15 is 0 Å². The highest BCUT2D eigenvalue weighted by atomic mass is 32.2. The monoisotopic (exact) mass is 492 g/mol. The van der Waals surface area contributed by atoms with E-state index in [9.17, 15) is 13.5 Å². The van der Waals surface area contributed by atoms with E-state index in [1.165, 1.54) is 17.5 Å². The summed E-state index contributed by atoms with van der Waals surface area (Å²) in [6.07, 6.45) is 1.89. The Kier molecular flexibility index (Phi) is 7.11. The molecule has 0 bridgehead atoms. The van der Waals surface area contributed by atoms with Crippen molar-refractivity contribution in [3.05, 3.63) is 47.8 Å². The number of benzene rings is 1. The fourth-order valence-corrected chi connectivity index (χ4v) is 5.39. The quantitative estimate of drug-likeness (QED) is 0.504. The molecule has 0 amide bonds. The molecular formula is C23H32N4O6S. The summed E-state index contributed by atoms with van der Waals surface area (Å²) in [4.78, 5) is 8.57. The van der Waals surface area contributed by atoms with Crippen LogP contribution in [0.4, 0.5) is 5.82 Å². The Balaban J connectivity index is 1.46. The molecular weight excluding hydrogens is 460 g/mol. The lowest BCUT2D eigenvalue weighted by molar-refractivity contribution is 0.0532. The van der Waals surface area contributed by atoms with Gasteiger partial charge in [0.25, 0.3) is 0 Å². The molecule has 1 fully saturated rings. The van der Waals surface area contributed by atoms with Crippen molar-refractivity contribution in [2.75, 3.05) is 19.0 Å². The average molecular weight is 493 g/mol. The van der Waals surface area contributed by atoms with Gasteiger partial charge in [-0.3, -0.25) is 4.18 Å². The van der Waals surface area contributed by atoms with E-state index in [0.29, 0.717) is 24.5 Å². The second-order valence-corrected chi connectivity index (χ2v) is 10.9. The number of hydrogen-bond acceptors (Lipinski definition) is 9. The van der Waals surface area contributed by atoms with Crippen LogP contribution in [0.5, 0.6) is 5.88 Å². The molecule has 4 N–H and O–H groups in total. The van der Waals surface area contributed by atoms with Gasteiger partial charge < -0.3 is 19.9 Å².